The molecular weight excluding hydrogens is 270 g/mol. The fourth-order valence-corrected chi connectivity index (χ4v) is 2.63. The van der Waals surface area contributed by atoms with Crippen LogP contribution < -0.4 is 5.32 Å². The summed E-state index contributed by atoms with van der Waals surface area (Å²) in [6.45, 7) is 8.49. The fraction of sp³-hybridized carbons (Fsp3) is 0.500. The number of hydrogen-bond acceptors (Lipinski definition) is 6. The lowest BCUT2D eigenvalue weighted by atomic mass is 10.3. The van der Waals surface area contributed by atoms with E-state index in [0.717, 1.165) is 47.7 Å². The van der Waals surface area contributed by atoms with Crippen molar-refractivity contribution in [1.29, 1.82) is 0 Å². The smallest absolute Gasteiger partial charge is 0.144 e. The molecule has 0 aliphatic carbocycles. The Morgan fingerprint density at radius 1 is 1.20 bits per heavy atom. The summed E-state index contributed by atoms with van der Waals surface area (Å²) in [5, 5.41) is 6.45. The Kier molecular flexibility index (Phi) is 5.03. The molecule has 0 aliphatic rings. The molecule has 2 aromatic rings. The van der Waals surface area contributed by atoms with Gasteiger partial charge in [0.1, 0.15) is 11.6 Å². The van der Waals surface area contributed by atoms with Gasteiger partial charge in [-0.15, -0.1) is 11.3 Å². The molecule has 0 amide bonds. The summed E-state index contributed by atoms with van der Waals surface area (Å²) >= 11 is 1.69. The fourth-order valence-electron chi connectivity index (χ4n) is 2.03. The second-order valence-corrected chi connectivity index (χ2v) is 5.93. The minimum atomic E-state index is 0.719. The molecule has 20 heavy (non-hydrogen) atoms. The Morgan fingerprint density at radius 2 is 2.00 bits per heavy atom. The first-order valence-electron chi connectivity index (χ1n) is 6.74. The van der Waals surface area contributed by atoms with E-state index in [1.165, 1.54) is 0 Å². The molecule has 0 saturated heterocycles. The number of hydrogen-bond donors (Lipinski definition) is 1. The summed E-state index contributed by atoms with van der Waals surface area (Å²) < 4.78 is 0. The summed E-state index contributed by atoms with van der Waals surface area (Å²) in [6, 6.07) is 1.97. The van der Waals surface area contributed by atoms with Crippen LogP contribution >= 0.6 is 11.3 Å². The molecule has 2 aromatic heterocycles. The molecule has 0 fully saturated rings. The lowest BCUT2D eigenvalue weighted by molar-refractivity contribution is 0.307. The van der Waals surface area contributed by atoms with Crippen molar-refractivity contribution in [2.24, 2.45) is 0 Å². The number of rotatable bonds is 6. The number of thiazole rings is 1. The van der Waals surface area contributed by atoms with Gasteiger partial charge < -0.3 is 5.32 Å². The van der Waals surface area contributed by atoms with Crippen molar-refractivity contribution in [1.82, 2.24) is 19.9 Å². The molecule has 0 aliphatic heterocycles. The predicted molar refractivity (Wildman–Crippen MR) is 83.0 cm³/mol. The number of nitrogens with zero attached hydrogens (tertiary/aromatic N) is 4. The zero-order valence-electron chi connectivity index (χ0n) is 12.5. The van der Waals surface area contributed by atoms with Crippen molar-refractivity contribution < 1.29 is 0 Å². The summed E-state index contributed by atoms with van der Waals surface area (Å²) in [5.41, 5.74) is 2.10. The van der Waals surface area contributed by atoms with Gasteiger partial charge in [-0.3, -0.25) is 4.90 Å². The molecule has 0 atom stereocenters. The van der Waals surface area contributed by atoms with Gasteiger partial charge in [-0.25, -0.2) is 15.0 Å². The van der Waals surface area contributed by atoms with E-state index in [9.17, 15) is 0 Å². The molecule has 0 bridgehead atoms. The quantitative estimate of drug-likeness (QED) is 0.886. The Balaban J connectivity index is 2.01. The van der Waals surface area contributed by atoms with E-state index in [2.05, 4.69) is 44.5 Å². The van der Waals surface area contributed by atoms with Crippen LogP contribution in [-0.4, -0.2) is 33.4 Å². The molecule has 2 heterocycles. The third-order valence-corrected chi connectivity index (χ3v) is 3.59. The monoisotopic (exact) mass is 291 g/mol. The van der Waals surface area contributed by atoms with Gasteiger partial charge in [-0.1, -0.05) is 0 Å². The van der Waals surface area contributed by atoms with Gasteiger partial charge in [0.05, 0.1) is 17.2 Å². The Bertz CT molecular complexity index is 566. The average molecular weight is 291 g/mol. The van der Waals surface area contributed by atoms with Crippen molar-refractivity contribution >= 4 is 17.2 Å². The Hall–Kier alpha value is -1.53. The van der Waals surface area contributed by atoms with Crippen LogP contribution in [0, 0.1) is 13.8 Å². The predicted octanol–water partition coefficient (Wildman–Crippen LogP) is 2.61. The maximum absolute atomic E-state index is 4.53. The second-order valence-electron chi connectivity index (χ2n) is 4.87. The van der Waals surface area contributed by atoms with Crippen LogP contribution in [0.5, 0.6) is 0 Å². The van der Waals surface area contributed by atoms with Crippen LogP contribution in [0.1, 0.15) is 29.1 Å². The van der Waals surface area contributed by atoms with Crippen LogP contribution in [0.2, 0.25) is 0 Å². The first-order chi connectivity index (χ1) is 9.56. The van der Waals surface area contributed by atoms with Crippen molar-refractivity contribution in [3.05, 3.63) is 33.7 Å². The largest absolute Gasteiger partial charge is 0.370 e. The summed E-state index contributed by atoms with van der Waals surface area (Å²) in [6.07, 6.45) is 0. The van der Waals surface area contributed by atoms with Crippen LogP contribution in [0.25, 0.3) is 0 Å². The minimum Gasteiger partial charge on any atom is -0.370 e. The molecule has 2 rings (SSSR count). The van der Waals surface area contributed by atoms with Gasteiger partial charge >= 0.3 is 0 Å². The molecule has 5 nitrogen and oxygen atoms in total. The van der Waals surface area contributed by atoms with Gasteiger partial charge in [0.25, 0.3) is 0 Å². The van der Waals surface area contributed by atoms with E-state index in [-0.39, 0.29) is 0 Å². The molecule has 0 spiro atoms. The normalized spacial score (nSPS) is 11.1. The zero-order valence-corrected chi connectivity index (χ0v) is 13.3. The first kappa shape index (κ1) is 14.9. The van der Waals surface area contributed by atoms with E-state index in [0.29, 0.717) is 0 Å². The van der Waals surface area contributed by atoms with Gasteiger partial charge in [0, 0.05) is 30.2 Å². The molecule has 0 radical (unpaired) electrons. The van der Waals surface area contributed by atoms with E-state index >= 15 is 0 Å². The third kappa shape index (κ3) is 4.25. The number of aromatic nitrogens is 3. The molecule has 108 valence electrons. The van der Waals surface area contributed by atoms with E-state index in [4.69, 9.17) is 0 Å². The molecule has 1 N–H and O–H groups in total. The van der Waals surface area contributed by atoms with E-state index < -0.39 is 0 Å². The van der Waals surface area contributed by atoms with Crippen molar-refractivity contribution in [2.75, 3.05) is 18.9 Å². The third-order valence-electron chi connectivity index (χ3n) is 2.77. The Morgan fingerprint density at radius 3 is 2.65 bits per heavy atom. The van der Waals surface area contributed by atoms with Gasteiger partial charge in [-0.05, 0) is 27.8 Å². The molecule has 0 unspecified atom stereocenters. The molecule has 6 heteroatoms. The number of nitrogens with one attached hydrogen (secondary N) is 1. The topological polar surface area (TPSA) is 53.9 Å². The second kappa shape index (κ2) is 6.76. The van der Waals surface area contributed by atoms with Crippen molar-refractivity contribution in [3.63, 3.8) is 0 Å². The zero-order chi connectivity index (χ0) is 14.5. The highest BCUT2D eigenvalue weighted by Crippen LogP contribution is 2.12. The maximum Gasteiger partial charge on any atom is 0.144 e. The van der Waals surface area contributed by atoms with Crippen LogP contribution in [-0.2, 0) is 13.1 Å². The lowest BCUT2D eigenvalue weighted by Crippen LogP contribution is -2.19. The summed E-state index contributed by atoms with van der Waals surface area (Å²) in [7, 11) is 2.06. The van der Waals surface area contributed by atoms with Gasteiger partial charge in [-0.2, -0.15) is 0 Å². The summed E-state index contributed by atoms with van der Waals surface area (Å²) in [4.78, 5) is 15.7. The highest BCUT2D eigenvalue weighted by atomic mass is 32.1. The lowest BCUT2D eigenvalue weighted by Gasteiger charge is -2.15. The van der Waals surface area contributed by atoms with E-state index in [1.54, 1.807) is 11.3 Å². The van der Waals surface area contributed by atoms with Crippen LogP contribution in [0.4, 0.5) is 5.82 Å². The standard InChI is InChI=1S/C14H21N5S/c1-5-15-13-6-10(2)16-14(18-13)8-19(4)7-12-9-20-11(3)17-12/h6,9H,5,7-8H2,1-4H3,(H,15,16,18). The van der Waals surface area contributed by atoms with Crippen LogP contribution in [0.3, 0.4) is 0 Å². The highest BCUT2D eigenvalue weighted by molar-refractivity contribution is 7.09. The van der Waals surface area contributed by atoms with Gasteiger partial charge in [0.15, 0.2) is 0 Å². The molecule has 0 aromatic carbocycles. The number of aryl methyl sites for hydroxylation is 2. The van der Waals surface area contributed by atoms with E-state index in [1.807, 2.05) is 19.9 Å². The minimum absolute atomic E-state index is 0.719. The van der Waals surface area contributed by atoms with Gasteiger partial charge in [0.2, 0.25) is 0 Å². The summed E-state index contributed by atoms with van der Waals surface area (Å²) in [5.74, 6) is 1.74. The first-order valence-corrected chi connectivity index (χ1v) is 7.62. The Labute approximate surface area is 124 Å². The van der Waals surface area contributed by atoms with Crippen LogP contribution in [0.15, 0.2) is 11.4 Å². The molecular formula is C14H21N5S. The SMILES string of the molecule is CCNc1cc(C)nc(CN(C)Cc2csc(C)n2)n1. The highest BCUT2D eigenvalue weighted by Gasteiger charge is 2.08. The molecule has 0 saturated carbocycles. The van der Waals surface area contributed by atoms with Crippen molar-refractivity contribution in [3.8, 4) is 0 Å². The van der Waals surface area contributed by atoms with Crippen molar-refractivity contribution in [2.45, 2.75) is 33.9 Å². The average Bonchev–Trinajstić information content (AvgIpc) is 2.74. The maximum atomic E-state index is 4.53. The number of anilines is 1.